The molecule has 0 saturated heterocycles. The highest BCUT2D eigenvalue weighted by Crippen LogP contribution is 2.20. The van der Waals surface area contributed by atoms with Gasteiger partial charge in [-0.2, -0.15) is 0 Å². The number of anilines is 3. The topological polar surface area (TPSA) is 54.0 Å². The Morgan fingerprint density at radius 2 is 1.58 bits per heavy atom. The van der Waals surface area contributed by atoms with E-state index in [0.717, 1.165) is 23.5 Å². The van der Waals surface area contributed by atoms with Crippen LogP contribution in [-0.2, 0) is 6.42 Å². The second-order valence-electron chi connectivity index (χ2n) is 6.47. The maximum absolute atomic E-state index is 12.5. The van der Waals surface area contributed by atoms with Crippen molar-refractivity contribution in [1.29, 1.82) is 0 Å². The van der Waals surface area contributed by atoms with Gasteiger partial charge in [-0.3, -0.25) is 9.78 Å². The zero-order valence-electron chi connectivity index (χ0n) is 15.3. The molecule has 1 aromatic heterocycles. The van der Waals surface area contributed by atoms with Crippen LogP contribution in [0.25, 0.3) is 0 Å². The van der Waals surface area contributed by atoms with E-state index in [1.54, 1.807) is 18.5 Å². The van der Waals surface area contributed by atoms with Crippen molar-refractivity contribution in [2.45, 2.75) is 27.2 Å². The smallest absolute Gasteiger partial charge is 0.257 e. The molecule has 0 aliphatic rings. The number of carbonyl (C=O) groups is 1. The Morgan fingerprint density at radius 1 is 0.885 bits per heavy atom. The van der Waals surface area contributed by atoms with E-state index in [-0.39, 0.29) is 5.91 Å². The first-order valence-electron chi connectivity index (χ1n) is 8.74. The second kappa shape index (κ2) is 7.83. The molecule has 0 spiro atoms. The first kappa shape index (κ1) is 17.7. The number of hydrogen-bond donors (Lipinski definition) is 2. The third-order valence-electron chi connectivity index (χ3n) is 4.13. The van der Waals surface area contributed by atoms with Crippen LogP contribution in [0.5, 0.6) is 0 Å². The Balaban J connectivity index is 1.74. The number of benzene rings is 2. The number of nitrogens with one attached hydrogen (secondary N) is 2. The summed E-state index contributed by atoms with van der Waals surface area (Å²) in [5.41, 5.74) is 6.67. The summed E-state index contributed by atoms with van der Waals surface area (Å²) in [5.74, 6) is -0.175. The molecule has 2 aromatic carbocycles. The molecule has 1 amide bonds. The van der Waals surface area contributed by atoms with E-state index in [9.17, 15) is 4.79 Å². The third-order valence-corrected chi connectivity index (χ3v) is 4.13. The monoisotopic (exact) mass is 345 g/mol. The van der Waals surface area contributed by atoms with Crippen LogP contribution in [0.15, 0.2) is 60.9 Å². The highest BCUT2D eigenvalue weighted by atomic mass is 16.1. The van der Waals surface area contributed by atoms with E-state index in [1.807, 2.05) is 24.3 Å². The van der Waals surface area contributed by atoms with Crippen molar-refractivity contribution < 1.29 is 4.79 Å². The molecule has 2 N–H and O–H groups in total. The van der Waals surface area contributed by atoms with Crippen LogP contribution in [0.3, 0.4) is 0 Å². The molecule has 0 atom stereocenters. The zero-order valence-corrected chi connectivity index (χ0v) is 15.3. The van der Waals surface area contributed by atoms with Gasteiger partial charge in [0.2, 0.25) is 0 Å². The van der Waals surface area contributed by atoms with E-state index in [0.29, 0.717) is 5.56 Å². The van der Waals surface area contributed by atoms with Crippen molar-refractivity contribution in [3.8, 4) is 0 Å². The van der Waals surface area contributed by atoms with Gasteiger partial charge in [-0.1, -0.05) is 25.1 Å². The summed E-state index contributed by atoms with van der Waals surface area (Å²) in [6, 6.07) is 15.9. The predicted molar refractivity (Wildman–Crippen MR) is 107 cm³/mol. The Labute approximate surface area is 154 Å². The minimum atomic E-state index is -0.175. The number of rotatable bonds is 5. The largest absolute Gasteiger partial charge is 0.354 e. The zero-order chi connectivity index (χ0) is 18.5. The summed E-state index contributed by atoms with van der Waals surface area (Å²) in [7, 11) is 0. The minimum Gasteiger partial charge on any atom is -0.354 e. The van der Waals surface area contributed by atoms with Crippen LogP contribution < -0.4 is 10.6 Å². The fraction of sp³-hybridized carbons (Fsp3) is 0.182. The Bertz CT molecular complexity index is 897. The van der Waals surface area contributed by atoms with Crippen LogP contribution in [-0.4, -0.2) is 10.9 Å². The molecule has 0 aliphatic carbocycles. The second-order valence-corrected chi connectivity index (χ2v) is 6.47. The normalized spacial score (nSPS) is 10.4. The highest BCUT2D eigenvalue weighted by molar-refractivity contribution is 6.04. The molecule has 4 heteroatoms. The van der Waals surface area contributed by atoms with Crippen molar-refractivity contribution in [3.05, 3.63) is 83.2 Å². The Morgan fingerprint density at radius 3 is 2.23 bits per heavy atom. The summed E-state index contributed by atoms with van der Waals surface area (Å²) in [4.78, 5) is 16.7. The van der Waals surface area contributed by atoms with Gasteiger partial charge in [0.15, 0.2) is 0 Å². The molecule has 0 aliphatic heterocycles. The number of aryl methyl sites for hydroxylation is 3. The van der Waals surface area contributed by atoms with Gasteiger partial charge in [0.1, 0.15) is 0 Å². The summed E-state index contributed by atoms with van der Waals surface area (Å²) in [6.45, 7) is 6.22. The maximum atomic E-state index is 12.5. The van der Waals surface area contributed by atoms with Crippen LogP contribution in [0.2, 0.25) is 0 Å². The number of nitrogens with zero attached hydrogens (tertiary/aromatic N) is 1. The van der Waals surface area contributed by atoms with Crippen molar-refractivity contribution in [1.82, 2.24) is 4.98 Å². The van der Waals surface area contributed by atoms with Crippen molar-refractivity contribution in [2.75, 3.05) is 10.6 Å². The number of carbonyl (C=O) groups excluding carboxylic acids is 1. The van der Waals surface area contributed by atoms with Crippen LogP contribution >= 0.6 is 0 Å². The third kappa shape index (κ3) is 4.48. The van der Waals surface area contributed by atoms with Crippen molar-refractivity contribution in [3.63, 3.8) is 0 Å². The van der Waals surface area contributed by atoms with E-state index >= 15 is 0 Å². The molecule has 0 unspecified atom stereocenters. The molecule has 3 aromatic rings. The van der Waals surface area contributed by atoms with Crippen molar-refractivity contribution in [2.24, 2.45) is 0 Å². The van der Waals surface area contributed by atoms with Gasteiger partial charge in [-0.25, -0.2) is 0 Å². The molecule has 0 saturated carbocycles. The van der Waals surface area contributed by atoms with Gasteiger partial charge in [-0.05, 0) is 67.3 Å². The van der Waals surface area contributed by atoms with Crippen molar-refractivity contribution >= 4 is 23.0 Å². The highest BCUT2D eigenvalue weighted by Gasteiger charge is 2.08. The maximum Gasteiger partial charge on any atom is 0.257 e. The summed E-state index contributed by atoms with van der Waals surface area (Å²) in [5, 5.41) is 6.23. The van der Waals surface area contributed by atoms with E-state index in [4.69, 9.17) is 0 Å². The lowest BCUT2D eigenvalue weighted by Crippen LogP contribution is -2.12. The minimum absolute atomic E-state index is 0.175. The molecule has 132 valence electrons. The molecule has 1 heterocycles. The average Bonchev–Trinajstić information content (AvgIpc) is 2.61. The van der Waals surface area contributed by atoms with Gasteiger partial charge in [0.05, 0.1) is 17.4 Å². The molecular weight excluding hydrogens is 322 g/mol. The predicted octanol–water partition coefficient (Wildman–Crippen LogP) is 5.26. The van der Waals surface area contributed by atoms with Gasteiger partial charge in [0.25, 0.3) is 5.91 Å². The molecule has 4 nitrogen and oxygen atoms in total. The molecule has 3 rings (SSSR count). The number of amides is 1. The van der Waals surface area contributed by atoms with E-state index in [1.165, 1.54) is 16.7 Å². The lowest BCUT2D eigenvalue weighted by Gasteiger charge is -2.10. The summed E-state index contributed by atoms with van der Waals surface area (Å²) < 4.78 is 0. The fourth-order valence-corrected chi connectivity index (χ4v) is 2.87. The standard InChI is InChI=1S/C22H23N3O/c1-4-17-5-7-19(8-6-17)25-22(26)18-12-21(14-23-13-18)24-20-10-15(2)9-16(3)11-20/h5-14,24H,4H2,1-3H3,(H,25,26). The lowest BCUT2D eigenvalue weighted by atomic mass is 10.1. The molecular formula is C22H23N3O. The average molecular weight is 345 g/mol. The van der Waals surface area contributed by atoms with Gasteiger partial charge >= 0.3 is 0 Å². The van der Waals surface area contributed by atoms with Crippen LogP contribution in [0.4, 0.5) is 17.1 Å². The van der Waals surface area contributed by atoms with E-state index in [2.05, 4.69) is 54.6 Å². The van der Waals surface area contributed by atoms with E-state index < -0.39 is 0 Å². The van der Waals surface area contributed by atoms with Gasteiger partial charge in [-0.15, -0.1) is 0 Å². The van der Waals surface area contributed by atoms with Gasteiger partial charge in [0, 0.05) is 17.6 Å². The molecule has 26 heavy (non-hydrogen) atoms. The SMILES string of the molecule is CCc1ccc(NC(=O)c2cncc(Nc3cc(C)cc(C)c3)c2)cc1. The van der Waals surface area contributed by atoms with Crippen LogP contribution in [0.1, 0.15) is 34.0 Å². The lowest BCUT2D eigenvalue weighted by molar-refractivity contribution is 0.102. The Hall–Kier alpha value is -3.14. The number of pyridine rings is 1. The fourth-order valence-electron chi connectivity index (χ4n) is 2.87. The van der Waals surface area contributed by atoms with Crippen LogP contribution in [0, 0.1) is 13.8 Å². The van der Waals surface area contributed by atoms with Gasteiger partial charge < -0.3 is 10.6 Å². The number of hydrogen-bond acceptors (Lipinski definition) is 3. The number of aromatic nitrogens is 1. The molecule has 0 fully saturated rings. The first-order valence-corrected chi connectivity index (χ1v) is 8.74. The molecule has 0 radical (unpaired) electrons. The Kier molecular flexibility index (Phi) is 5.32. The summed E-state index contributed by atoms with van der Waals surface area (Å²) in [6.07, 6.45) is 4.26. The molecule has 0 bridgehead atoms. The quantitative estimate of drug-likeness (QED) is 0.663. The first-order chi connectivity index (χ1) is 12.5. The summed E-state index contributed by atoms with van der Waals surface area (Å²) >= 11 is 0.